The van der Waals surface area contributed by atoms with Crippen LogP contribution in [0.15, 0.2) is 30.5 Å². The number of rotatable bonds is 2. The van der Waals surface area contributed by atoms with E-state index in [0.717, 1.165) is 24.2 Å². The van der Waals surface area contributed by atoms with Gasteiger partial charge < -0.3 is 9.80 Å². The van der Waals surface area contributed by atoms with Crippen LogP contribution in [-0.4, -0.2) is 45.4 Å². The van der Waals surface area contributed by atoms with E-state index >= 15 is 0 Å². The minimum Gasteiger partial charge on any atom is -0.363 e. The molecule has 2 atom stereocenters. The number of hydrogen-bond acceptors (Lipinski definition) is 4. The molecule has 0 bridgehead atoms. The van der Waals surface area contributed by atoms with Crippen LogP contribution in [0.4, 0.5) is 10.1 Å². The van der Waals surface area contributed by atoms with Crippen molar-refractivity contribution >= 4 is 11.6 Å². The van der Waals surface area contributed by atoms with Gasteiger partial charge in [0.15, 0.2) is 0 Å². The van der Waals surface area contributed by atoms with Crippen LogP contribution in [-0.2, 0) is 0 Å². The third-order valence-electron chi connectivity index (χ3n) is 6.14. The first-order valence-electron chi connectivity index (χ1n) is 9.91. The topological polar surface area (TPSA) is 49.3 Å². The number of hydrogen-bond donors (Lipinski definition) is 0. The number of halogens is 1. The first-order valence-corrected chi connectivity index (χ1v) is 9.91. The average Bonchev–Trinajstić information content (AvgIpc) is 2.90. The van der Waals surface area contributed by atoms with Crippen molar-refractivity contribution in [2.45, 2.75) is 52.1 Å². The van der Waals surface area contributed by atoms with Crippen LogP contribution in [0, 0.1) is 25.6 Å². The number of carbonyl (C=O) groups excluding carboxylic acids is 1. The van der Waals surface area contributed by atoms with E-state index in [1.54, 1.807) is 18.3 Å². The molecule has 0 saturated carbocycles. The summed E-state index contributed by atoms with van der Waals surface area (Å²) >= 11 is 0. The Balaban J connectivity index is 1.56. The number of aromatic nitrogens is 2. The molecule has 1 aromatic carbocycles. The minimum atomic E-state index is -0.209. The maximum Gasteiger partial charge on any atom is 0.257 e. The maximum absolute atomic E-state index is 13.8. The van der Waals surface area contributed by atoms with E-state index in [9.17, 15) is 9.18 Å². The predicted octanol–water partition coefficient (Wildman–Crippen LogP) is 3.75. The van der Waals surface area contributed by atoms with Crippen LogP contribution >= 0.6 is 0 Å². The second-order valence-electron chi connectivity index (χ2n) is 8.65. The fraction of sp³-hybridized carbons (Fsp3) is 0.500. The van der Waals surface area contributed by atoms with Gasteiger partial charge in [-0.15, -0.1) is 0 Å². The number of likely N-dealkylation sites (tertiary alicyclic amines) is 1. The van der Waals surface area contributed by atoms with Crippen LogP contribution in [0.2, 0.25) is 0 Å². The maximum atomic E-state index is 13.8. The van der Waals surface area contributed by atoms with Crippen molar-refractivity contribution in [1.29, 1.82) is 0 Å². The van der Waals surface area contributed by atoms with Gasteiger partial charge in [0.25, 0.3) is 5.91 Å². The number of anilines is 1. The van der Waals surface area contributed by atoms with E-state index in [4.69, 9.17) is 0 Å². The Hall–Kier alpha value is -2.50. The molecule has 2 saturated heterocycles. The molecular formula is C22H27FN4O. The van der Waals surface area contributed by atoms with Gasteiger partial charge in [-0.05, 0) is 64.7 Å². The summed E-state index contributed by atoms with van der Waals surface area (Å²) in [6, 6.07) is 7.17. The predicted molar refractivity (Wildman–Crippen MR) is 107 cm³/mol. The molecule has 0 unspecified atom stereocenters. The molecule has 2 aliphatic rings. The summed E-state index contributed by atoms with van der Waals surface area (Å²) in [7, 11) is 0. The van der Waals surface area contributed by atoms with E-state index < -0.39 is 0 Å². The summed E-state index contributed by atoms with van der Waals surface area (Å²) < 4.78 is 13.8. The summed E-state index contributed by atoms with van der Waals surface area (Å²) in [5.74, 6) is 0.843. The lowest BCUT2D eigenvalue weighted by molar-refractivity contribution is 0.0665. The lowest BCUT2D eigenvalue weighted by Gasteiger charge is -2.42. The average molecular weight is 382 g/mol. The second kappa shape index (κ2) is 6.83. The van der Waals surface area contributed by atoms with Gasteiger partial charge in [-0.25, -0.2) is 14.4 Å². The summed E-state index contributed by atoms with van der Waals surface area (Å²) in [6.45, 7) is 9.51. The Bertz CT molecular complexity index is 913. The molecule has 2 fully saturated rings. The van der Waals surface area contributed by atoms with Crippen molar-refractivity contribution in [2.75, 3.05) is 18.0 Å². The molecule has 1 amide bonds. The Morgan fingerprint density at radius 2 is 2.07 bits per heavy atom. The SMILES string of the molecule is Cc1ncc(C(=O)N2CC[C@H]3[C@@H](C2)CC(C)(C)N3c2cccc(F)c2)c(C)n1. The van der Waals surface area contributed by atoms with Crippen LogP contribution in [0.3, 0.4) is 0 Å². The molecule has 0 aliphatic carbocycles. The number of piperidine rings is 1. The largest absolute Gasteiger partial charge is 0.363 e. The third kappa shape index (κ3) is 3.25. The van der Waals surface area contributed by atoms with Crippen molar-refractivity contribution in [3.8, 4) is 0 Å². The van der Waals surface area contributed by atoms with Gasteiger partial charge in [0, 0.05) is 36.6 Å². The highest BCUT2D eigenvalue weighted by atomic mass is 19.1. The summed E-state index contributed by atoms with van der Waals surface area (Å²) in [5, 5.41) is 0. The zero-order chi connectivity index (χ0) is 20.1. The molecule has 0 radical (unpaired) electrons. The van der Waals surface area contributed by atoms with Gasteiger partial charge in [0.05, 0.1) is 11.3 Å². The molecule has 5 nitrogen and oxygen atoms in total. The van der Waals surface area contributed by atoms with E-state index in [1.165, 1.54) is 6.07 Å². The summed E-state index contributed by atoms with van der Waals surface area (Å²) in [4.78, 5) is 25.9. The molecule has 148 valence electrons. The van der Waals surface area contributed by atoms with Crippen molar-refractivity contribution in [3.05, 3.63) is 53.4 Å². The first-order chi connectivity index (χ1) is 13.3. The molecule has 3 heterocycles. The van der Waals surface area contributed by atoms with E-state index in [-0.39, 0.29) is 17.3 Å². The highest BCUT2D eigenvalue weighted by molar-refractivity contribution is 5.95. The summed E-state index contributed by atoms with van der Waals surface area (Å²) in [5.41, 5.74) is 2.17. The molecule has 28 heavy (non-hydrogen) atoms. The first kappa shape index (κ1) is 18.8. The lowest BCUT2D eigenvalue weighted by Crippen LogP contribution is -2.50. The van der Waals surface area contributed by atoms with Crippen molar-refractivity contribution in [3.63, 3.8) is 0 Å². The molecule has 4 rings (SSSR count). The van der Waals surface area contributed by atoms with Gasteiger partial charge >= 0.3 is 0 Å². The minimum absolute atomic E-state index is 0.0120. The fourth-order valence-corrected chi connectivity index (χ4v) is 5.06. The standard InChI is InChI=1S/C22H27FN4O/c1-14-19(12-24-15(2)25-14)21(28)26-9-8-20-16(13-26)11-22(3,4)27(20)18-7-5-6-17(23)10-18/h5-7,10,12,16,20H,8-9,11,13H2,1-4H3/t16-,20+/m1/s1. The number of aryl methyl sites for hydroxylation is 2. The molecule has 1 aromatic heterocycles. The van der Waals surface area contributed by atoms with Gasteiger partial charge in [0.2, 0.25) is 0 Å². The zero-order valence-corrected chi connectivity index (χ0v) is 16.9. The van der Waals surface area contributed by atoms with Crippen LogP contribution in [0.5, 0.6) is 0 Å². The Morgan fingerprint density at radius 1 is 1.29 bits per heavy atom. The molecule has 2 aliphatic heterocycles. The van der Waals surface area contributed by atoms with E-state index in [1.807, 2.05) is 24.8 Å². The molecule has 0 N–H and O–H groups in total. The van der Waals surface area contributed by atoms with E-state index in [2.05, 4.69) is 28.7 Å². The highest BCUT2D eigenvalue weighted by Gasteiger charge is 2.48. The van der Waals surface area contributed by atoms with Crippen molar-refractivity contribution in [1.82, 2.24) is 14.9 Å². The Kier molecular flexibility index (Phi) is 4.60. The Labute approximate surface area is 165 Å². The lowest BCUT2D eigenvalue weighted by atomic mass is 9.89. The van der Waals surface area contributed by atoms with Crippen LogP contribution in [0.25, 0.3) is 0 Å². The molecular weight excluding hydrogens is 355 g/mol. The van der Waals surface area contributed by atoms with Crippen LogP contribution < -0.4 is 4.90 Å². The Morgan fingerprint density at radius 3 is 2.79 bits per heavy atom. The number of carbonyl (C=O) groups is 1. The number of benzene rings is 1. The highest BCUT2D eigenvalue weighted by Crippen LogP contribution is 2.44. The molecule has 2 aromatic rings. The summed E-state index contributed by atoms with van der Waals surface area (Å²) in [6.07, 6.45) is 3.49. The van der Waals surface area contributed by atoms with Crippen molar-refractivity contribution < 1.29 is 9.18 Å². The molecule has 6 heteroatoms. The van der Waals surface area contributed by atoms with Gasteiger partial charge in [-0.3, -0.25) is 4.79 Å². The normalized spacial score (nSPS) is 23.6. The second-order valence-corrected chi connectivity index (χ2v) is 8.65. The number of nitrogens with zero attached hydrogens (tertiary/aromatic N) is 4. The number of fused-ring (bicyclic) bond motifs is 1. The third-order valence-corrected chi connectivity index (χ3v) is 6.14. The van der Waals surface area contributed by atoms with Gasteiger partial charge in [0.1, 0.15) is 11.6 Å². The van der Waals surface area contributed by atoms with Gasteiger partial charge in [-0.1, -0.05) is 6.07 Å². The smallest absolute Gasteiger partial charge is 0.257 e. The zero-order valence-electron chi connectivity index (χ0n) is 16.9. The van der Waals surface area contributed by atoms with Crippen molar-refractivity contribution in [2.24, 2.45) is 5.92 Å². The fourth-order valence-electron chi connectivity index (χ4n) is 5.06. The van der Waals surface area contributed by atoms with E-state index in [0.29, 0.717) is 36.4 Å². The monoisotopic (exact) mass is 382 g/mol. The van der Waals surface area contributed by atoms with Crippen LogP contribution in [0.1, 0.15) is 48.6 Å². The van der Waals surface area contributed by atoms with Gasteiger partial charge in [-0.2, -0.15) is 0 Å². The molecule has 0 spiro atoms. The number of amides is 1. The quantitative estimate of drug-likeness (QED) is 0.794.